The fraction of sp³-hybridized carbons (Fsp3) is 0.227. The van der Waals surface area contributed by atoms with E-state index in [0.29, 0.717) is 6.04 Å². The van der Waals surface area contributed by atoms with Gasteiger partial charge in [0.15, 0.2) is 0 Å². The van der Waals surface area contributed by atoms with E-state index < -0.39 is 0 Å². The van der Waals surface area contributed by atoms with E-state index in [1.807, 2.05) is 18.3 Å². The van der Waals surface area contributed by atoms with Gasteiger partial charge in [0, 0.05) is 49.4 Å². The molecule has 1 unspecified atom stereocenters. The normalized spacial score (nSPS) is 12.6. The molecule has 0 aliphatic heterocycles. The first-order valence-electron chi connectivity index (χ1n) is 9.19. The van der Waals surface area contributed by atoms with Crippen molar-refractivity contribution < 1.29 is 0 Å². The lowest BCUT2D eigenvalue weighted by molar-refractivity contribution is 0.243. The summed E-state index contributed by atoms with van der Waals surface area (Å²) in [5.41, 5.74) is 5.37. The zero-order chi connectivity index (χ0) is 18.6. The Morgan fingerprint density at radius 1 is 1.04 bits per heavy atom. The molecule has 0 aliphatic carbocycles. The van der Waals surface area contributed by atoms with Gasteiger partial charge in [-0.1, -0.05) is 36.4 Å². The van der Waals surface area contributed by atoms with Crippen LogP contribution in [0.1, 0.15) is 18.3 Å². The fourth-order valence-corrected chi connectivity index (χ4v) is 3.31. The number of hydrogen-bond acceptors (Lipinski definition) is 4. The first-order valence-corrected chi connectivity index (χ1v) is 9.19. The Labute approximate surface area is 159 Å². The highest BCUT2D eigenvalue weighted by Gasteiger charge is 2.18. The van der Waals surface area contributed by atoms with Crippen molar-refractivity contribution in [3.63, 3.8) is 0 Å². The topological polar surface area (TPSA) is 46.3 Å². The first-order chi connectivity index (χ1) is 13.2. The van der Waals surface area contributed by atoms with Gasteiger partial charge >= 0.3 is 0 Å². The SMILES string of the molecule is CC(Cc1cnccn1)N(C)Cc1c(-c2ccccc2)nc2ccccn12. The second-order valence-electron chi connectivity index (χ2n) is 6.87. The van der Waals surface area contributed by atoms with Crippen molar-refractivity contribution >= 4 is 5.65 Å². The van der Waals surface area contributed by atoms with Crippen LogP contribution < -0.4 is 0 Å². The van der Waals surface area contributed by atoms with Crippen molar-refractivity contribution in [3.8, 4) is 11.3 Å². The van der Waals surface area contributed by atoms with Crippen molar-refractivity contribution in [1.29, 1.82) is 0 Å². The van der Waals surface area contributed by atoms with Crippen LogP contribution in [0.25, 0.3) is 16.9 Å². The minimum atomic E-state index is 0.333. The summed E-state index contributed by atoms with van der Waals surface area (Å²) in [6, 6.07) is 16.9. The molecule has 3 aromatic heterocycles. The molecular weight excluding hydrogens is 334 g/mol. The van der Waals surface area contributed by atoms with Crippen LogP contribution >= 0.6 is 0 Å². The molecule has 0 fully saturated rings. The lowest BCUT2D eigenvalue weighted by Crippen LogP contribution is -2.31. The maximum atomic E-state index is 4.89. The van der Waals surface area contributed by atoms with E-state index in [0.717, 1.165) is 35.6 Å². The highest BCUT2D eigenvalue weighted by molar-refractivity contribution is 5.66. The Kier molecular flexibility index (Phi) is 4.94. The molecule has 27 heavy (non-hydrogen) atoms. The summed E-state index contributed by atoms with van der Waals surface area (Å²) in [7, 11) is 2.15. The van der Waals surface area contributed by atoms with E-state index in [-0.39, 0.29) is 0 Å². The number of pyridine rings is 1. The number of rotatable bonds is 6. The van der Waals surface area contributed by atoms with Crippen LogP contribution in [-0.2, 0) is 13.0 Å². The molecule has 0 N–H and O–H groups in total. The van der Waals surface area contributed by atoms with Crippen molar-refractivity contribution in [1.82, 2.24) is 24.3 Å². The summed E-state index contributed by atoms with van der Waals surface area (Å²) in [4.78, 5) is 15.8. The number of imidazole rings is 1. The standard InChI is InChI=1S/C22H23N5/c1-17(14-19-15-23-11-12-24-19)26(2)16-20-22(18-8-4-3-5-9-18)25-21-10-6-7-13-27(20)21/h3-13,15,17H,14,16H2,1-2H3. The summed E-state index contributed by atoms with van der Waals surface area (Å²) >= 11 is 0. The zero-order valence-electron chi connectivity index (χ0n) is 15.7. The molecule has 1 aromatic carbocycles. The average Bonchev–Trinajstić information content (AvgIpc) is 3.08. The van der Waals surface area contributed by atoms with Gasteiger partial charge < -0.3 is 4.40 Å². The van der Waals surface area contributed by atoms with Gasteiger partial charge in [0.2, 0.25) is 0 Å². The number of benzene rings is 1. The van der Waals surface area contributed by atoms with Gasteiger partial charge in [-0.05, 0) is 26.1 Å². The van der Waals surface area contributed by atoms with Gasteiger partial charge in [0.1, 0.15) is 5.65 Å². The molecule has 0 radical (unpaired) electrons. The van der Waals surface area contributed by atoms with E-state index in [1.165, 1.54) is 5.69 Å². The maximum Gasteiger partial charge on any atom is 0.137 e. The lowest BCUT2D eigenvalue weighted by Gasteiger charge is -2.24. The van der Waals surface area contributed by atoms with Gasteiger partial charge in [0.05, 0.1) is 17.1 Å². The molecule has 0 saturated carbocycles. The minimum Gasteiger partial charge on any atom is -0.302 e. The quantitative estimate of drug-likeness (QED) is 0.526. The monoisotopic (exact) mass is 357 g/mol. The number of fused-ring (bicyclic) bond motifs is 1. The van der Waals surface area contributed by atoms with Gasteiger partial charge in [0.25, 0.3) is 0 Å². The first kappa shape index (κ1) is 17.4. The van der Waals surface area contributed by atoms with Crippen molar-refractivity contribution in [3.05, 3.63) is 84.7 Å². The molecule has 136 valence electrons. The summed E-state index contributed by atoms with van der Waals surface area (Å²) in [6.45, 7) is 3.02. The molecule has 0 spiro atoms. The molecule has 0 bridgehead atoms. The number of nitrogens with zero attached hydrogens (tertiary/aromatic N) is 5. The van der Waals surface area contributed by atoms with Crippen LogP contribution in [0.15, 0.2) is 73.3 Å². The van der Waals surface area contributed by atoms with Crippen molar-refractivity contribution in [2.24, 2.45) is 0 Å². The number of aromatic nitrogens is 4. The zero-order valence-corrected chi connectivity index (χ0v) is 15.7. The summed E-state index contributed by atoms with van der Waals surface area (Å²) < 4.78 is 2.19. The molecule has 1 atom stereocenters. The largest absolute Gasteiger partial charge is 0.302 e. The lowest BCUT2D eigenvalue weighted by atomic mass is 10.1. The second kappa shape index (κ2) is 7.68. The second-order valence-corrected chi connectivity index (χ2v) is 6.87. The molecule has 3 heterocycles. The molecular formula is C22H23N5. The van der Waals surface area contributed by atoms with Crippen LogP contribution in [0.5, 0.6) is 0 Å². The van der Waals surface area contributed by atoms with E-state index >= 15 is 0 Å². The van der Waals surface area contributed by atoms with Gasteiger partial charge in [-0.3, -0.25) is 14.9 Å². The van der Waals surface area contributed by atoms with Crippen LogP contribution in [0.3, 0.4) is 0 Å². The van der Waals surface area contributed by atoms with E-state index in [9.17, 15) is 0 Å². The molecule has 5 heteroatoms. The minimum absolute atomic E-state index is 0.333. The maximum absolute atomic E-state index is 4.89. The predicted molar refractivity (Wildman–Crippen MR) is 107 cm³/mol. The predicted octanol–water partition coefficient (Wildman–Crippen LogP) is 3.85. The molecule has 5 nitrogen and oxygen atoms in total. The van der Waals surface area contributed by atoms with Gasteiger partial charge in [-0.25, -0.2) is 4.98 Å². The summed E-state index contributed by atoms with van der Waals surface area (Å²) in [5, 5.41) is 0. The molecule has 0 saturated heterocycles. The Hall–Kier alpha value is -3.05. The van der Waals surface area contributed by atoms with E-state index in [2.05, 4.69) is 75.8 Å². The van der Waals surface area contributed by atoms with Crippen LogP contribution in [0.4, 0.5) is 0 Å². The third-order valence-corrected chi connectivity index (χ3v) is 4.95. The van der Waals surface area contributed by atoms with E-state index in [1.54, 1.807) is 12.4 Å². The number of hydrogen-bond donors (Lipinski definition) is 0. The highest BCUT2D eigenvalue weighted by Crippen LogP contribution is 2.26. The van der Waals surface area contributed by atoms with Gasteiger partial charge in [-0.2, -0.15) is 0 Å². The Morgan fingerprint density at radius 3 is 2.63 bits per heavy atom. The van der Waals surface area contributed by atoms with Crippen LogP contribution in [0.2, 0.25) is 0 Å². The van der Waals surface area contributed by atoms with E-state index in [4.69, 9.17) is 4.98 Å². The Balaban J connectivity index is 1.64. The Bertz CT molecular complexity index is 1010. The summed E-state index contributed by atoms with van der Waals surface area (Å²) in [5.74, 6) is 0. The Morgan fingerprint density at radius 2 is 1.85 bits per heavy atom. The van der Waals surface area contributed by atoms with Crippen LogP contribution in [0, 0.1) is 0 Å². The van der Waals surface area contributed by atoms with Crippen LogP contribution in [-0.4, -0.2) is 37.3 Å². The van der Waals surface area contributed by atoms with Gasteiger partial charge in [-0.15, -0.1) is 0 Å². The van der Waals surface area contributed by atoms with Crippen molar-refractivity contribution in [2.75, 3.05) is 7.05 Å². The molecule has 4 aromatic rings. The highest BCUT2D eigenvalue weighted by atomic mass is 15.2. The number of likely N-dealkylation sites (N-methyl/N-ethyl adjacent to an activating group) is 1. The third kappa shape index (κ3) is 3.73. The van der Waals surface area contributed by atoms with Crippen molar-refractivity contribution in [2.45, 2.75) is 25.9 Å². The molecule has 0 aliphatic rings. The summed E-state index contributed by atoms with van der Waals surface area (Å²) in [6.07, 6.45) is 8.25. The smallest absolute Gasteiger partial charge is 0.137 e. The fourth-order valence-electron chi connectivity index (χ4n) is 3.31. The molecule has 4 rings (SSSR count). The molecule has 0 amide bonds. The third-order valence-electron chi connectivity index (χ3n) is 4.95. The average molecular weight is 357 g/mol.